The minimum Gasteiger partial charge on any atom is -0.326 e. The minimum atomic E-state index is -4.10. The lowest BCUT2D eigenvalue weighted by molar-refractivity contribution is -0.148. The molecule has 168 valence electrons. The van der Waals surface area contributed by atoms with Crippen molar-refractivity contribution in [2.75, 3.05) is 5.32 Å². The molecule has 2 aliphatic carbocycles. The van der Waals surface area contributed by atoms with Crippen LogP contribution >= 0.6 is 0 Å². The maximum absolute atomic E-state index is 14.4. The van der Waals surface area contributed by atoms with Gasteiger partial charge in [-0.2, -0.15) is 0 Å². The minimum absolute atomic E-state index is 0.0647. The Morgan fingerprint density at radius 3 is 2.47 bits per heavy atom. The van der Waals surface area contributed by atoms with Crippen LogP contribution in [0.3, 0.4) is 0 Å². The van der Waals surface area contributed by atoms with Gasteiger partial charge in [-0.1, -0.05) is 6.92 Å². The Morgan fingerprint density at radius 1 is 1.23 bits per heavy atom. The van der Waals surface area contributed by atoms with E-state index in [0.717, 1.165) is 12.3 Å². The van der Waals surface area contributed by atoms with Crippen LogP contribution in [-0.2, 0) is 14.8 Å². The monoisotopic (exact) mass is 451 g/mol. The number of halogens is 4. The van der Waals surface area contributed by atoms with Gasteiger partial charge in [0.05, 0.1) is 0 Å². The van der Waals surface area contributed by atoms with Crippen molar-refractivity contribution in [3.63, 3.8) is 0 Å². The lowest BCUT2D eigenvalue weighted by Crippen LogP contribution is -2.47. The summed E-state index contributed by atoms with van der Waals surface area (Å²) in [5.41, 5.74) is 0.0647. The van der Waals surface area contributed by atoms with Gasteiger partial charge < -0.3 is 5.32 Å². The Labute approximate surface area is 172 Å². The summed E-state index contributed by atoms with van der Waals surface area (Å²) in [7, 11) is -4.10. The molecule has 6 nitrogen and oxygen atoms in total. The quantitative estimate of drug-likeness (QED) is 0.680. The van der Waals surface area contributed by atoms with Crippen molar-refractivity contribution in [1.29, 1.82) is 0 Å². The molecule has 1 aromatic heterocycles. The van der Waals surface area contributed by atoms with Gasteiger partial charge in [0.2, 0.25) is 11.8 Å². The fourth-order valence-corrected chi connectivity index (χ4v) is 5.07. The summed E-state index contributed by atoms with van der Waals surface area (Å²) in [5, 5.41) is 7.05. The molecule has 0 bridgehead atoms. The van der Waals surface area contributed by atoms with E-state index in [2.05, 4.69) is 10.3 Å². The molecule has 1 heterocycles. The van der Waals surface area contributed by atoms with Crippen molar-refractivity contribution in [2.45, 2.75) is 62.3 Å². The normalized spacial score (nSPS) is 29.3. The van der Waals surface area contributed by atoms with Gasteiger partial charge in [0.25, 0.3) is 15.9 Å². The third-order valence-corrected chi connectivity index (χ3v) is 7.16. The number of rotatable bonds is 4. The van der Waals surface area contributed by atoms with Crippen LogP contribution in [0.4, 0.5) is 23.2 Å². The Hall–Kier alpha value is -1.75. The van der Waals surface area contributed by atoms with Crippen molar-refractivity contribution in [2.24, 2.45) is 28.8 Å². The lowest BCUT2D eigenvalue weighted by Gasteiger charge is -2.44. The van der Waals surface area contributed by atoms with Crippen molar-refractivity contribution in [1.82, 2.24) is 4.98 Å². The number of nitrogens with one attached hydrogen (secondary N) is 1. The van der Waals surface area contributed by atoms with E-state index in [1.165, 1.54) is 13.0 Å². The number of alkyl halides is 4. The fraction of sp³-hybridized carbons (Fsp3) is 0.684. The highest BCUT2D eigenvalue weighted by Gasteiger charge is 2.52. The molecule has 2 saturated carbocycles. The van der Waals surface area contributed by atoms with E-state index < -0.39 is 57.0 Å². The van der Waals surface area contributed by atoms with Gasteiger partial charge in [0.1, 0.15) is 0 Å². The number of nitrogens with two attached hydrogens (primary N) is 1. The van der Waals surface area contributed by atoms with E-state index in [9.17, 15) is 30.8 Å². The van der Waals surface area contributed by atoms with E-state index in [1.54, 1.807) is 0 Å². The van der Waals surface area contributed by atoms with Crippen molar-refractivity contribution in [3.05, 3.63) is 18.3 Å². The maximum Gasteiger partial charge on any atom is 0.255 e. The van der Waals surface area contributed by atoms with E-state index in [4.69, 9.17) is 5.14 Å². The van der Waals surface area contributed by atoms with Gasteiger partial charge in [-0.25, -0.2) is 36.1 Å². The number of aromatic nitrogens is 1. The number of hydrogen-bond donors (Lipinski definition) is 2. The topological polar surface area (TPSA) is 102 Å². The van der Waals surface area contributed by atoms with E-state index in [1.807, 2.05) is 0 Å². The first-order valence-electron chi connectivity index (χ1n) is 9.84. The predicted octanol–water partition coefficient (Wildman–Crippen LogP) is 3.79. The first-order chi connectivity index (χ1) is 13.8. The molecule has 1 aromatic rings. The van der Waals surface area contributed by atoms with Gasteiger partial charge in [0, 0.05) is 49.0 Å². The third-order valence-electron chi connectivity index (χ3n) is 6.35. The van der Waals surface area contributed by atoms with Crippen molar-refractivity contribution < 1.29 is 30.8 Å². The van der Waals surface area contributed by atoms with Gasteiger partial charge in [-0.05, 0) is 37.2 Å². The summed E-state index contributed by atoms with van der Waals surface area (Å²) >= 11 is 0. The molecular weight excluding hydrogens is 426 g/mol. The molecule has 30 heavy (non-hydrogen) atoms. The van der Waals surface area contributed by atoms with Crippen molar-refractivity contribution >= 4 is 21.6 Å². The molecule has 0 spiro atoms. The van der Waals surface area contributed by atoms with Crippen molar-refractivity contribution in [3.8, 4) is 0 Å². The molecule has 3 N–H and O–H groups in total. The van der Waals surface area contributed by atoms with E-state index in [0.29, 0.717) is 0 Å². The number of pyridine rings is 1. The Balaban J connectivity index is 1.81. The van der Waals surface area contributed by atoms with E-state index >= 15 is 0 Å². The highest BCUT2D eigenvalue weighted by atomic mass is 32.2. The molecule has 3 atom stereocenters. The first-order valence-corrected chi connectivity index (χ1v) is 11.4. The van der Waals surface area contributed by atoms with Crippen LogP contribution in [0.2, 0.25) is 0 Å². The average Bonchev–Trinajstić information content (AvgIpc) is 2.63. The molecule has 0 aliphatic heterocycles. The number of anilines is 1. The molecule has 2 fully saturated rings. The summed E-state index contributed by atoms with van der Waals surface area (Å²) in [6, 6.07) is 2.37. The molecular formula is C19H25F4N3O3S. The largest absolute Gasteiger partial charge is 0.326 e. The van der Waals surface area contributed by atoms with Crippen LogP contribution in [0.1, 0.15) is 45.4 Å². The smallest absolute Gasteiger partial charge is 0.255 e. The standard InChI is InChI=1S/C19H25F4N3O3S/c1-11-8-14(12-2-5-18(20,21)6-3-12)15(10-19(11,22)23)17(27)26-13-4-7-25-16(9-13)30(24,28)29/h4,7,9,11-12,14-15H,2-3,5-6,8,10H2,1H3,(H2,24,28,29)(H,25,26,27)/t11-,14-,15+/m0/s1. The number of hydrogen-bond acceptors (Lipinski definition) is 4. The van der Waals surface area contributed by atoms with Crippen LogP contribution in [-0.4, -0.2) is 31.2 Å². The Morgan fingerprint density at radius 2 is 1.87 bits per heavy atom. The van der Waals surface area contributed by atoms with Crippen LogP contribution in [0, 0.1) is 23.7 Å². The molecule has 3 rings (SSSR count). The van der Waals surface area contributed by atoms with Gasteiger partial charge in [-0.3, -0.25) is 4.79 Å². The fourth-order valence-electron chi connectivity index (χ4n) is 4.57. The summed E-state index contributed by atoms with van der Waals surface area (Å²) in [6.07, 6.45) is 0.276. The summed E-state index contributed by atoms with van der Waals surface area (Å²) in [5.74, 6) is -9.20. The van der Waals surface area contributed by atoms with Crippen LogP contribution in [0.5, 0.6) is 0 Å². The number of sulfonamides is 1. The molecule has 0 radical (unpaired) electrons. The molecule has 0 unspecified atom stereocenters. The number of carbonyl (C=O) groups is 1. The number of carbonyl (C=O) groups excluding carboxylic acids is 1. The van der Waals surface area contributed by atoms with Crippen LogP contribution in [0.15, 0.2) is 23.4 Å². The number of primary sulfonamides is 1. The van der Waals surface area contributed by atoms with Gasteiger partial charge in [0.15, 0.2) is 5.03 Å². The highest BCUT2D eigenvalue weighted by Crippen LogP contribution is 2.51. The predicted molar refractivity (Wildman–Crippen MR) is 101 cm³/mol. The number of amides is 1. The second-order valence-corrected chi connectivity index (χ2v) is 9.99. The van der Waals surface area contributed by atoms with E-state index in [-0.39, 0.29) is 43.7 Å². The molecule has 0 aromatic carbocycles. The Bertz CT molecular complexity index is 900. The van der Waals surface area contributed by atoms with Crippen LogP contribution < -0.4 is 10.5 Å². The molecule has 1 amide bonds. The number of nitrogens with zero attached hydrogens (tertiary/aromatic N) is 1. The first kappa shape index (κ1) is 22.9. The van der Waals surface area contributed by atoms with Gasteiger partial charge >= 0.3 is 0 Å². The zero-order valence-corrected chi connectivity index (χ0v) is 17.3. The lowest BCUT2D eigenvalue weighted by atomic mass is 9.63. The second-order valence-electron chi connectivity index (χ2n) is 8.48. The summed E-state index contributed by atoms with van der Waals surface area (Å²) < 4.78 is 78.9. The SMILES string of the molecule is C[C@H]1C[C@@H](C2CCC(F)(F)CC2)[C@H](C(=O)Nc2ccnc(S(N)(=O)=O)c2)CC1(F)F. The summed E-state index contributed by atoms with van der Waals surface area (Å²) in [6.45, 7) is 1.42. The van der Waals surface area contributed by atoms with Crippen LogP contribution in [0.25, 0.3) is 0 Å². The zero-order chi connectivity index (χ0) is 22.3. The highest BCUT2D eigenvalue weighted by molar-refractivity contribution is 7.89. The molecule has 11 heteroatoms. The zero-order valence-electron chi connectivity index (χ0n) is 16.5. The summed E-state index contributed by atoms with van der Waals surface area (Å²) in [4.78, 5) is 16.5. The molecule has 2 aliphatic rings. The average molecular weight is 451 g/mol. The van der Waals surface area contributed by atoms with Gasteiger partial charge in [-0.15, -0.1) is 0 Å². The Kier molecular flexibility index (Phi) is 6.16. The third kappa shape index (κ3) is 5.11. The molecule has 0 saturated heterocycles. The maximum atomic E-state index is 14.4. The second kappa shape index (κ2) is 8.07.